The number of carbonyl (C=O) groups excluding carboxylic acids is 2. The zero-order valence-electron chi connectivity index (χ0n) is 20.5. The number of anilines is 1. The van der Waals surface area contributed by atoms with E-state index >= 15 is 0 Å². The van der Waals surface area contributed by atoms with Crippen LogP contribution in [0.15, 0.2) is 70.9 Å². The average molecular weight is 492 g/mol. The number of ketones is 1. The van der Waals surface area contributed by atoms with Crippen molar-refractivity contribution in [2.24, 2.45) is 0 Å². The molecule has 1 aliphatic heterocycles. The maximum atomic E-state index is 13.4. The van der Waals surface area contributed by atoms with Crippen molar-refractivity contribution in [3.05, 3.63) is 77.8 Å². The molecule has 1 aromatic heterocycles. The van der Waals surface area contributed by atoms with Crippen LogP contribution in [0, 0.1) is 0 Å². The highest BCUT2D eigenvalue weighted by atomic mass is 16.5. The van der Waals surface area contributed by atoms with E-state index < -0.39 is 17.7 Å². The number of hydrogen-bond acceptors (Lipinski definition) is 7. The van der Waals surface area contributed by atoms with Crippen LogP contribution in [-0.4, -0.2) is 36.6 Å². The van der Waals surface area contributed by atoms with Crippen molar-refractivity contribution in [3.63, 3.8) is 0 Å². The first kappa shape index (κ1) is 24.9. The van der Waals surface area contributed by atoms with Gasteiger partial charge in [-0.3, -0.25) is 14.5 Å². The molecule has 0 spiro atoms. The fourth-order valence-corrected chi connectivity index (χ4v) is 4.13. The summed E-state index contributed by atoms with van der Waals surface area (Å²) in [5, 5.41) is 11.4. The van der Waals surface area contributed by atoms with Gasteiger partial charge < -0.3 is 23.7 Å². The monoisotopic (exact) mass is 491 g/mol. The summed E-state index contributed by atoms with van der Waals surface area (Å²) in [5.41, 5.74) is 0.623. The molecule has 0 saturated carbocycles. The molecular weight excluding hydrogens is 462 g/mol. The number of furan rings is 1. The van der Waals surface area contributed by atoms with Crippen molar-refractivity contribution < 1.29 is 33.3 Å². The van der Waals surface area contributed by atoms with E-state index in [-0.39, 0.29) is 16.9 Å². The molecule has 1 N–H and O–H groups in total. The van der Waals surface area contributed by atoms with Crippen molar-refractivity contribution in [3.8, 4) is 17.2 Å². The summed E-state index contributed by atoms with van der Waals surface area (Å²) in [7, 11) is 0. The van der Waals surface area contributed by atoms with Gasteiger partial charge in [0, 0.05) is 17.8 Å². The number of aliphatic hydroxyl groups is 1. The minimum absolute atomic E-state index is 0.0973. The molecule has 1 amide bonds. The molecular formula is C28H29NO7. The van der Waals surface area contributed by atoms with Gasteiger partial charge in [-0.1, -0.05) is 13.0 Å². The summed E-state index contributed by atoms with van der Waals surface area (Å²) >= 11 is 0. The van der Waals surface area contributed by atoms with Gasteiger partial charge in [-0.05, 0) is 56.7 Å². The molecule has 0 bridgehead atoms. The van der Waals surface area contributed by atoms with Crippen molar-refractivity contribution in [1.82, 2.24) is 0 Å². The molecule has 1 unspecified atom stereocenters. The lowest BCUT2D eigenvalue weighted by Gasteiger charge is -2.24. The van der Waals surface area contributed by atoms with Crippen LogP contribution in [0.2, 0.25) is 0 Å². The Hall–Kier alpha value is -4.20. The number of amides is 1. The lowest BCUT2D eigenvalue weighted by atomic mass is 9.98. The fourth-order valence-electron chi connectivity index (χ4n) is 4.13. The highest BCUT2D eigenvalue weighted by Crippen LogP contribution is 2.44. The van der Waals surface area contributed by atoms with Crippen LogP contribution in [0.4, 0.5) is 5.69 Å². The second-order valence-corrected chi connectivity index (χ2v) is 8.05. The highest BCUT2D eigenvalue weighted by molar-refractivity contribution is 6.51. The first-order valence-corrected chi connectivity index (χ1v) is 12.0. The van der Waals surface area contributed by atoms with Gasteiger partial charge in [-0.15, -0.1) is 0 Å². The number of carbonyl (C=O) groups is 2. The predicted octanol–water partition coefficient (Wildman–Crippen LogP) is 5.49. The molecule has 3 aromatic rings. The number of hydrogen-bond donors (Lipinski definition) is 1. The number of aliphatic hydroxyl groups excluding tert-OH is 1. The molecule has 1 saturated heterocycles. The van der Waals surface area contributed by atoms with Gasteiger partial charge in [0.1, 0.15) is 34.8 Å². The van der Waals surface area contributed by atoms with E-state index in [9.17, 15) is 14.7 Å². The van der Waals surface area contributed by atoms with Gasteiger partial charge >= 0.3 is 0 Å². The molecule has 1 fully saturated rings. The maximum Gasteiger partial charge on any atom is 0.300 e. The van der Waals surface area contributed by atoms with E-state index in [1.54, 1.807) is 54.6 Å². The summed E-state index contributed by atoms with van der Waals surface area (Å²) in [4.78, 5) is 28.0. The van der Waals surface area contributed by atoms with Gasteiger partial charge in [0.25, 0.3) is 11.7 Å². The van der Waals surface area contributed by atoms with Crippen molar-refractivity contribution in [1.29, 1.82) is 0 Å². The highest BCUT2D eigenvalue weighted by Gasteiger charge is 2.48. The van der Waals surface area contributed by atoms with Gasteiger partial charge in [0.2, 0.25) is 0 Å². The third kappa shape index (κ3) is 4.79. The van der Waals surface area contributed by atoms with E-state index in [1.807, 2.05) is 20.8 Å². The molecule has 1 aliphatic rings. The Kier molecular flexibility index (Phi) is 7.63. The molecule has 8 heteroatoms. The molecule has 0 radical (unpaired) electrons. The molecule has 1 atom stereocenters. The Balaban J connectivity index is 1.86. The quantitative estimate of drug-likeness (QED) is 0.227. The lowest BCUT2D eigenvalue weighted by Crippen LogP contribution is -2.29. The van der Waals surface area contributed by atoms with Gasteiger partial charge in [0.15, 0.2) is 0 Å². The normalized spacial score (nSPS) is 16.9. The molecule has 0 aliphatic carbocycles. The van der Waals surface area contributed by atoms with Crippen molar-refractivity contribution in [2.45, 2.75) is 33.2 Å². The Morgan fingerprint density at radius 3 is 2.42 bits per heavy atom. The Morgan fingerprint density at radius 1 is 0.944 bits per heavy atom. The Bertz CT molecular complexity index is 1260. The zero-order chi connectivity index (χ0) is 25.7. The van der Waals surface area contributed by atoms with E-state index in [0.29, 0.717) is 48.5 Å². The first-order valence-electron chi connectivity index (χ1n) is 12.0. The van der Waals surface area contributed by atoms with E-state index in [2.05, 4.69) is 0 Å². The van der Waals surface area contributed by atoms with Gasteiger partial charge in [-0.2, -0.15) is 0 Å². The molecule has 8 nitrogen and oxygen atoms in total. The Labute approximate surface area is 209 Å². The van der Waals surface area contributed by atoms with Crippen LogP contribution in [0.1, 0.15) is 44.6 Å². The number of benzene rings is 2. The summed E-state index contributed by atoms with van der Waals surface area (Å²) < 4.78 is 22.6. The number of ether oxygens (including phenoxy) is 3. The van der Waals surface area contributed by atoms with E-state index in [1.165, 1.54) is 11.2 Å². The molecule has 36 heavy (non-hydrogen) atoms. The van der Waals surface area contributed by atoms with Crippen LogP contribution in [0.5, 0.6) is 17.2 Å². The first-order chi connectivity index (χ1) is 17.5. The van der Waals surface area contributed by atoms with Gasteiger partial charge in [0.05, 0.1) is 37.2 Å². The number of nitrogens with zero attached hydrogens (tertiary/aromatic N) is 1. The molecule has 188 valence electrons. The minimum Gasteiger partial charge on any atom is -0.507 e. The van der Waals surface area contributed by atoms with Crippen molar-refractivity contribution >= 4 is 23.1 Å². The van der Waals surface area contributed by atoms with Crippen molar-refractivity contribution in [2.75, 3.05) is 24.7 Å². The average Bonchev–Trinajstić information content (AvgIpc) is 3.50. The minimum atomic E-state index is -0.984. The smallest absolute Gasteiger partial charge is 0.300 e. The standard InChI is InChI=1S/C28H29NO7/c1-4-14-35-19-10-7-9-18(16-19)29-25(22-11-8-15-36-22)24(27(31)28(29)32)26(30)21-13-12-20(33-5-2)17-23(21)34-6-3/h7-13,15-17,25,30H,4-6,14H2,1-3H3/b26-24-. The van der Waals surface area contributed by atoms with Gasteiger partial charge in [-0.25, -0.2) is 0 Å². The summed E-state index contributed by atoms with van der Waals surface area (Å²) in [5.74, 6) is -0.175. The molecule has 4 rings (SSSR count). The molecule has 2 aromatic carbocycles. The summed E-state index contributed by atoms with van der Waals surface area (Å²) in [6.07, 6.45) is 2.28. The second-order valence-electron chi connectivity index (χ2n) is 8.05. The number of Topliss-reactive ketones (excluding diaryl/α,β-unsaturated/α-hetero) is 1. The van der Waals surface area contributed by atoms with Crippen LogP contribution in [-0.2, 0) is 9.59 Å². The number of rotatable bonds is 10. The van der Waals surface area contributed by atoms with Crippen LogP contribution < -0.4 is 19.1 Å². The van der Waals surface area contributed by atoms with Crippen LogP contribution in [0.3, 0.4) is 0 Å². The van der Waals surface area contributed by atoms with Crippen LogP contribution >= 0.6 is 0 Å². The van der Waals surface area contributed by atoms with E-state index in [0.717, 1.165) is 6.42 Å². The summed E-state index contributed by atoms with van der Waals surface area (Å²) in [6, 6.07) is 14.2. The maximum absolute atomic E-state index is 13.4. The predicted molar refractivity (Wildman–Crippen MR) is 134 cm³/mol. The topological polar surface area (TPSA) is 98.4 Å². The summed E-state index contributed by atoms with van der Waals surface area (Å²) in [6.45, 7) is 6.98. The fraction of sp³-hybridized carbons (Fsp3) is 0.286. The third-order valence-corrected chi connectivity index (χ3v) is 5.64. The van der Waals surface area contributed by atoms with E-state index in [4.69, 9.17) is 18.6 Å². The van der Waals surface area contributed by atoms with Crippen LogP contribution in [0.25, 0.3) is 5.76 Å². The lowest BCUT2D eigenvalue weighted by molar-refractivity contribution is -0.132. The third-order valence-electron chi connectivity index (χ3n) is 5.64. The SMILES string of the molecule is CCCOc1cccc(N2C(=O)C(=O)/C(=C(\O)c3ccc(OCC)cc3OCC)C2c2ccco2)c1. The second kappa shape index (κ2) is 11.0. The zero-order valence-corrected chi connectivity index (χ0v) is 20.5. The Morgan fingerprint density at radius 2 is 1.72 bits per heavy atom. The molecule has 2 heterocycles. The largest absolute Gasteiger partial charge is 0.507 e.